The molecule has 1 aliphatic rings. The average Bonchev–Trinajstić information content (AvgIpc) is 3.07. The van der Waals surface area contributed by atoms with Crippen LogP contribution in [0.15, 0.2) is 53.6 Å². The second kappa shape index (κ2) is 7.56. The summed E-state index contributed by atoms with van der Waals surface area (Å²) in [5, 5.41) is 4.37. The Bertz CT molecular complexity index is 1130. The molecule has 1 aliphatic heterocycles. The lowest BCUT2D eigenvalue weighted by Crippen LogP contribution is -2.26. The first-order valence-corrected chi connectivity index (χ1v) is 12.3. The molecule has 3 rings (SSSR count). The van der Waals surface area contributed by atoms with Crippen molar-refractivity contribution in [1.82, 2.24) is 4.41 Å². The normalized spacial score (nSPS) is 17.5. The molecule has 0 unspecified atom stereocenters. The Morgan fingerprint density at radius 1 is 1.07 bits per heavy atom. The second-order valence-electron chi connectivity index (χ2n) is 6.71. The van der Waals surface area contributed by atoms with Gasteiger partial charge in [0.1, 0.15) is 0 Å². The highest BCUT2D eigenvalue weighted by molar-refractivity contribution is 7.92. The number of hydrogen-bond donors (Lipinski definition) is 1. The molecule has 0 saturated carbocycles. The van der Waals surface area contributed by atoms with E-state index < -0.39 is 26.1 Å². The fraction of sp³-hybridized carbons (Fsp3) is 0.316. The van der Waals surface area contributed by atoms with E-state index in [1.807, 2.05) is 31.2 Å². The van der Waals surface area contributed by atoms with E-state index >= 15 is 0 Å². The van der Waals surface area contributed by atoms with Crippen LogP contribution < -0.4 is 4.72 Å². The summed E-state index contributed by atoms with van der Waals surface area (Å²) >= 11 is 0. The van der Waals surface area contributed by atoms with Crippen molar-refractivity contribution in [2.24, 2.45) is 5.10 Å². The van der Waals surface area contributed by atoms with Crippen molar-refractivity contribution in [3.05, 3.63) is 65.2 Å². The number of benzene rings is 2. The van der Waals surface area contributed by atoms with Crippen LogP contribution in [0.25, 0.3) is 0 Å². The molecule has 28 heavy (non-hydrogen) atoms. The van der Waals surface area contributed by atoms with Gasteiger partial charge in [-0.25, -0.2) is 16.8 Å². The number of nitrogens with zero attached hydrogens (tertiary/aromatic N) is 2. The topological polar surface area (TPSA) is 95.9 Å². The summed E-state index contributed by atoms with van der Waals surface area (Å²) in [5.41, 5.74) is 3.33. The van der Waals surface area contributed by atoms with Crippen LogP contribution in [0, 0.1) is 6.92 Å². The van der Waals surface area contributed by atoms with Gasteiger partial charge in [-0.1, -0.05) is 42.5 Å². The molecular weight excluding hydrogens is 398 g/mol. The lowest BCUT2D eigenvalue weighted by molar-refractivity contribution is 0.374. The molecule has 0 aliphatic carbocycles. The summed E-state index contributed by atoms with van der Waals surface area (Å²) in [6.45, 7) is 3.48. The molecule has 0 spiro atoms. The van der Waals surface area contributed by atoms with E-state index in [9.17, 15) is 16.8 Å². The third-order valence-corrected chi connectivity index (χ3v) is 6.95. The summed E-state index contributed by atoms with van der Waals surface area (Å²) in [7, 11) is -7.08. The van der Waals surface area contributed by atoms with E-state index in [4.69, 9.17) is 0 Å². The minimum absolute atomic E-state index is 0.0604. The van der Waals surface area contributed by atoms with Gasteiger partial charge in [-0.2, -0.15) is 9.52 Å². The zero-order valence-corrected chi connectivity index (χ0v) is 17.6. The zero-order valence-electron chi connectivity index (χ0n) is 16.0. The quantitative estimate of drug-likeness (QED) is 0.776. The molecule has 0 fully saturated rings. The van der Waals surface area contributed by atoms with Gasteiger partial charge in [-0.05, 0) is 31.0 Å². The third-order valence-electron chi connectivity index (χ3n) is 4.64. The number of para-hydroxylation sites is 1. The predicted molar refractivity (Wildman–Crippen MR) is 111 cm³/mol. The third kappa shape index (κ3) is 4.20. The second-order valence-corrected chi connectivity index (χ2v) is 10.6. The summed E-state index contributed by atoms with van der Waals surface area (Å²) < 4.78 is 52.5. The standard InChI is InChI=1S/C19H23N3O4S2/c1-4-28(25,26)21-17-12-8-7-11-16(17)18-13-19(22(20-18)27(3,23)24)15-10-6-5-9-14(15)2/h5-12,19,21H,4,13H2,1-3H3/t19-/m1/s1. The Morgan fingerprint density at radius 3 is 2.36 bits per heavy atom. The van der Waals surface area contributed by atoms with Crippen LogP contribution in [0.4, 0.5) is 5.69 Å². The van der Waals surface area contributed by atoms with Crippen LogP contribution in [-0.2, 0) is 20.0 Å². The van der Waals surface area contributed by atoms with Crippen molar-refractivity contribution < 1.29 is 16.8 Å². The van der Waals surface area contributed by atoms with Crippen molar-refractivity contribution in [1.29, 1.82) is 0 Å². The van der Waals surface area contributed by atoms with Gasteiger partial charge in [0, 0.05) is 12.0 Å². The van der Waals surface area contributed by atoms with E-state index in [1.165, 1.54) is 0 Å². The lowest BCUT2D eigenvalue weighted by atomic mass is 9.95. The van der Waals surface area contributed by atoms with Crippen LogP contribution in [-0.4, -0.2) is 39.0 Å². The number of rotatable bonds is 6. The van der Waals surface area contributed by atoms with Gasteiger partial charge < -0.3 is 0 Å². The van der Waals surface area contributed by atoms with Crippen LogP contribution in [0.3, 0.4) is 0 Å². The van der Waals surface area contributed by atoms with Crippen LogP contribution in [0.5, 0.6) is 0 Å². The Hall–Kier alpha value is -2.39. The molecule has 1 heterocycles. The van der Waals surface area contributed by atoms with Gasteiger partial charge >= 0.3 is 0 Å². The van der Waals surface area contributed by atoms with Gasteiger partial charge in [0.15, 0.2) is 0 Å². The monoisotopic (exact) mass is 421 g/mol. The van der Waals surface area contributed by atoms with Crippen molar-refractivity contribution in [3.63, 3.8) is 0 Å². The van der Waals surface area contributed by atoms with Gasteiger partial charge in [-0.15, -0.1) is 0 Å². The zero-order chi connectivity index (χ0) is 20.5. The van der Waals surface area contributed by atoms with E-state index in [2.05, 4.69) is 9.82 Å². The number of nitrogens with one attached hydrogen (secondary N) is 1. The summed E-state index contributed by atoms with van der Waals surface area (Å²) in [6, 6.07) is 14.0. The molecule has 2 aromatic rings. The number of aryl methyl sites for hydroxylation is 1. The first-order chi connectivity index (χ1) is 13.1. The van der Waals surface area contributed by atoms with E-state index in [1.54, 1.807) is 31.2 Å². The fourth-order valence-electron chi connectivity index (χ4n) is 3.21. The molecule has 1 atom stereocenters. The van der Waals surface area contributed by atoms with Crippen molar-refractivity contribution in [3.8, 4) is 0 Å². The molecule has 0 amide bonds. The van der Waals surface area contributed by atoms with Crippen LogP contribution >= 0.6 is 0 Å². The number of anilines is 1. The highest BCUT2D eigenvalue weighted by Crippen LogP contribution is 2.37. The Balaban J connectivity index is 2.06. The highest BCUT2D eigenvalue weighted by Gasteiger charge is 2.35. The molecule has 2 aromatic carbocycles. The number of sulfonamides is 2. The van der Waals surface area contributed by atoms with Gasteiger partial charge in [-0.3, -0.25) is 4.72 Å². The van der Waals surface area contributed by atoms with Gasteiger partial charge in [0.25, 0.3) is 0 Å². The molecule has 1 N–H and O–H groups in total. The Labute approximate surface area is 166 Å². The summed E-state index contributed by atoms with van der Waals surface area (Å²) in [4.78, 5) is 0. The van der Waals surface area contributed by atoms with Crippen molar-refractivity contribution >= 4 is 31.4 Å². The molecule has 150 valence electrons. The van der Waals surface area contributed by atoms with E-state index in [0.29, 0.717) is 23.4 Å². The summed E-state index contributed by atoms with van der Waals surface area (Å²) in [5.74, 6) is -0.0604. The van der Waals surface area contributed by atoms with Gasteiger partial charge in [0.2, 0.25) is 20.0 Å². The molecule has 0 saturated heterocycles. The van der Waals surface area contributed by atoms with Crippen LogP contribution in [0.1, 0.15) is 36.1 Å². The Morgan fingerprint density at radius 2 is 1.71 bits per heavy atom. The molecule has 9 heteroatoms. The SMILES string of the molecule is CCS(=O)(=O)Nc1ccccc1C1=NN(S(C)(=O)=O)[C@@H](c2ccccc2C)C1. The first kappa shape index (κ1) is 20.3. The van der Waals surface area contributed by atoms with Crippen molar-refractivity contribution in [2.45, 2.75) is 26.3 Å². The minimum Gasteiger partial charge on any atom is -0.283 e. The maximum absolute atomic E-state index is 12.4. The van der Waals surface area contributed by atoms with E-state index in [-0.39, 0.29) is 5.75 Å². The number of hydrogen-bond acceptors (Lipinski definition) is 5. The summed E-state index contributed by atoms with van der Waals surface area (Å²) in [6.07, 6.45) is 1.47. The maximum atomic E-state index is 12.4. The molecule has 0 radical (unpaired) electrons. The smallest absolute Gasteiger partial charge is 0.247 e. The first-order valence-electron chi connectivity index (χ1n) is 8.84. The molecule has 0 aromatic heterocycles. The molecular formula is C19H23N3O4S2. The lowest BCUT2D eigenvalue weighted by Gasteiger charge is -2.22. The maximum Gasteiger partial charge on any atom is 0.247 e. The van der Waals surface area contributed by atoms with E-state index in [0.717, 1.165) is 21.8 Å². The predicted octanol–water partition coefficient (Wildman–Crippen LogP) is 2.87. The minimum atomic E-state index is -3.60. The van der Waals surface area contributed by atoms with Crippen LogP contribution in [0.2, 0.25) is 0 Å². The van der Waals surface area contributed by atoms with Crippen molar-refractivity contribution in [2.75, 3.05) is 16.7 Å². The largest absolute Gasteiger partial charge is 0.283 e. The molecule has 0 bridgehead atoms. The molecule has 7 nitrogen and oxygen atoms in total. The highest BCUT2D eigenvalue weighted by atomic mass is 32.2. The number of hydrazone groups is 1. The Kier molecular flexibility index (Phi) is 5.49. The average molecular weight is 422 g/mol. The fourth-order valence-corrected chi connectivity index (χ4v) is 4.77. The van der Waals surface area contributed by atoms with Gasteiger partial charge in [0.05, 0.1) is 29.4 Å².